The van der Waals surface area contributed by atoms with E-state index < -0.39 is 0 Å². The summed E-state index contributed by atoms with van der Waals surface area (Å²) in [6.45, 7) is 3.95. The summed E-state index contributed by atoms with van der Waals surface area (Å²) >= 11 is 0. The molecule has 11 heavy (non-hydrogen) atoms. The first-order valence-corrected chi connectivity index (χ1v) is 3.82. The molecule has 1 N–H and O–H groups in total. The first-order chi connectivity index (χ1) is 5.34. The van der Waals surface area contributed by atoms with Crippen molar-refractivity contribution in [3.05, 3.63) is 11.6 Å². The number of nitrogens with one attached hydrogen (secondary N) is 1. The molecule has 0 atom stereocenters. The summed E-state index contributed by atoms with van der Waals surface area (Å²) in [4.78, 5) is 4.68. The van der Waals surface area contributed by atoms with E-state index in [1.165, 1.54) is 5.57 Å². The van der Waals surface area contributed by atoms with E-state index in [2.05, 4.69) is 21.4 Å². The van der Waals surface area contributed by atoms with Crippen molar-refractivity contribution in [1.82, 2.24) is 5.32 Å². The molecule has 3 nitrogen and oxygen atoms in total. The molecule has 0 spiro atoms. The summed E-state index contributed by atoms with van der Waals surface area (Å²) in [6, 6.07) is 0. The van der Waals surface area contributed by atoms with Crippen molar-refractivity contribution in [2.24, 2.45) is 5.16 Å². The first kappa shape index (κ1) is 8.27. The Morgan fingerprint density at radius 3 is 3.09 bits per heavy atom. The number of hydrogen-bond acceptors (Lipinski definition) is 3. The molecule has 1 heterocycles. The minimum absolute atomic E-state index is 0.915. The highest BCUT2D eigenvalue weighted by Gasteiger charge is 2.05. The number of nitrogens with zero attached hydrogens (tertiary/aromatic N) is 1. The summed E-state index contributed by atoms with van der Waals surface area (Å²) in [5.74, 6) is 0. The van der Waals surface area contributed by atoms with Crippen molar-refractivity contribution in [2.75, 3.05) is 20.2 Å². The van der Waals surface area contributed by atoms with Gasteiger partial charge < -0.3 is 10.2 Å². The van der Waals surface area contributed by atoms with Gasteiger partial charge >= 0.3 is 0 Å². The monoisotopic (exact) mass is 154 g/mol. The van der Waals surface area contributed by atoms with Gasteiger partial charge in [0.15, 0.2) is 0 Å². The fraction of sp³-hybridized carbons (Fsp3) is 0.625. The summed E-state index contributed by atoms with van der Waals surface area (Å²) in [5.41, 5.74) is 2.22. The van der Waals surface area contributed by atoms with Crippen LogP contribution in [0.4, 0.5) is 0 Å². The number of rotatable bonds is 2. The summed E-state index contributed by atoms with van der Waals surface area (Å²) in [6.07, 6.45) is 3.29. The number of hydrogen-bond donors (Lipinski definition) is 1. The molecule has 0 aromatic heterocycles. The molecule has 0 fully saturated rings. The van der Waals surface area contributed by atoms with Gasteiger partial charge in [-0.3, -0.25) is 0 Å². The summed E-state index contributed by atoms with van der Waals surface area (Å²) in [5, 5.41) is 7.13. The number of oxime groups is 1. The van der Waals surface area contributed by atoms with Crippen LogP contribution < -0.4 is 5.32 Å². The van der Waals surface area contributed by atoms with E-state index in [1.54, 1.807) is 7.11 Å². The van der Waals surface area contributed by atoms with Crippen LogP contribution in [0.15, 0.2) is 16.8 Å². The van der Waals surface area contributed by atoms with Crippen LogP contribution in [-0.2, 0) is 4.84 Å². The molecule has 1 aliphatic heterocycles. The molecular formula is C8H14N2O. The van der Waals surface area contributed by atoms with Crippen LogP contribution in [0.25, 0.3) is 0 Å². The van der Waals surface area contributed by atoms with Crippen molar-refractivity contribution in [1.29, 1.82) is 0 Å². The van der Waals surface area contributed by atoms with Crippen LogP contribution in [0.1, 0.15) is 13.3 Å². The van der Waals surface area contributed by atoms with Crippen LogP contribution in [-0.4, -0.2) is 25.9 Å². The first-order valence-electron chi connectivity index (χ1n) is 3.82. The van der Waals surface area contributed by atoms with Gasteiger partial charge in [0.05, 0.1) is 5.71 Å². The highest BCUT2D eigenvalue weighted by molar-refractivity contribution is 5.98. The Balaban J connectivity index is 2.58. The van der Waals surface area contributed by atoms with E-state index in [0.717, 1.165) is 25.2 Å². The Labute approximate surface area is 67.1 Å². The Bertz CT molecular complexity index is 185. The van der Waals surface area contributed by atoms with Gasteiger partial charge in [0.1, 0.15) is 7.11 Å². The average Bonchev–Trinajstić information content (AvgIpc) is 2.07. The third-order valence-corrected chi connectivity index (χ3v) is 1.72. The molecule has 0 bridgehead atoms. The second-order valence-corrected chi connectivity index (χ2v) is 2.55. The van der Waals surface area contributed by atoms with E-state index in [1.807, 2.05) is 6.92 Å². The molecule has 0 saturated heterocycles. The zero-order valence-electron chi connectivity index (χ0n) is 7.05. The van der Waals surface area contributed by atoms with Crippen molar-refractivity contribution in [3.63, 3.8) is 0 Å². The average molecular weight is 154 g/mol. The Hall–Kier alpha value is -0.830. The van der Waals surface area contributed by atoms with Crippen molar-refractivity contribution in [2.45, 2.75) is 13.3 Å². The maximum absolute atomic E-state index is 4.68. The van der Waals surface area contributed by atoms with E-state index in [-0.39, 0.29) is 0 Å². The van der Waals surface area contributed by atoms with Crippen molar-refractivity contribution >= 4 is 5.71 Å². The lowest BCUT2D eigenvalue weighted by Gasteiger charge is -2.12. The molecule has 62 valence electrons. The molecule has 0 unspecified atom stereocenters. The lowest BCUT2D eigenvalue weighted by atomic mass is 10.1. The molecule has 3 heteroatoms. The minimum atomic E-state index is 0.915. The Morgan fingerprint density at radius 1 is 1.73 bits per heavy atom. The predicted molar refractivity (Wildman–Crippen MR) is 45.7 cm³/mol. The third kappa shape index (κ3) is 2.35. The normalized spacial score (nSPS) is 19.5. The van der Waals surface area contributed by atoms with Gasteiger partial charge in [0, 0.05) is 6.54 Å². The topological polar surface area (TPSA) is 33.6 Å². The largest absolute Gasteiger partial charge is 0.399 e. The van der Waals surface area contributed by atoms with Gasteiger partial charge in [-0.05, 0) is 25.5 Å². The van der Waals surface area contributed by atoms with Crippen LogP contribution in [0.3, 0.4) is 0 Å². The Morgan fingerprint density at radius 2 is 2.55 bits per heavy atom. The van der Waals surface area contributed by atoms with Crippen molar-refractivity contribution < 1.29 is 4.84 Å². The second-order valence-electron chi connectivity index (χ2n) is 2.55. The van der Waals surface area contributed by atoms with Gasteiger partial charge in [-0.25, -0.2) is 0 Å². The molecule has 0 aliphatic carbocycles. The molecule has 0 aromatic rings. The van der Waals surface area contributed by atoms with Crippen molar-refractivity contribution in [3.8, 4) is 0 Å². The molecule has 0 amide bonds. The standard InChI is InChI=1S/C8H14N2O/c1-7(10-11-2)8-4-3-5-9-6-8/h4,9H,3,5-6H2,1-2H3/b10-7+. The van der Waals surface area contributed by atoms with Gasteiger partial charge in [-0.1, -0.05) is 11.2 Å². The quantitative estimate of drug-likeness (QED) is 0.474. The SMILES string of the molecule is CO/N=C(\C)C1=CCCNC1. The van der Waals surface area contributed by atoms with Gasteiger partial charge in [-0.15, -0.1) is 0 Å². The fourth-order valence-corrected chi connectivity index (χ4v) is 1.11. The zero-order chi connectivity index (χ0) is 8.10. The second kappa shape index (κ2) is 4.13. The van der Waals surface area contributed by atoms with E-state index in [4.69, 9.17) is 0 Å². The molecule has 0 saturated carbocycles. The molecule has 0 aromatic carbocycles. The maximum atomic E-state index is 4.68. The lowest BCUT2D eigenvalue weighted by Crippen LogP contribution is -2.25. The zero-order valence-corrected chi connectivity index (χ0v) is 7.05. The maximum Gasteiger partial charge on any atom is 0.106 e. The molecular weight excluding hydrogens is 140 g/mol. The molecule has 0 radical (unpaired) electrons. The van der Waals surface area contributed by atoms with Gasteiger partial charge in [0.2, 0.25) is 0 Å². The smallest absolute Gasteiger partial charge is 0.106 e. The molecule has 1 aliphatic rings. The highest BCUT2D eigenvalue weighted by atomic mass is 16.6. The van der Waals surface area contributed by atoms with Crippen LogP contribution >= 0.6 is 0 Å². The predicted octanol–water partition coefficient (Wildman–Crippen LogP) is 0.928. The van der Waals surface area contributed by atoms with Crippen LogP contribution in [0.2, 0.25) is 0 Å². The van der Waals surface area contributed by atoms with Crippen LogP contribution in [0.5, 0.6) is 0 Å². The Kier molecular flexibility index (Phi) is 3.11. The summed E-state index contributed by atoms with van der Waals surface area (Å²) < 4.78 is 0. The highest BCUT2D eigenvalue weighted by Crippen LogP contribution is 2.03. The van der Waals surface area contributed by atoms with Crippen LogP contribution in [0, 0.1) is 0 Å². The molecule has 1 rings (SSSR count). The van der Waals surface area contributed by atoms with Gasteiger partial charge in [-0.2, -0.15) is 0 Å². The fourth-order valence-electron chi connectivity index (χ4n) is 1.11. The summed E-state index contributed by atoms with van der Waals surface area (Å²) in [7, 11) is 1.57. The van der Waals surface area contributed by atoms with E-state index >= 15 is 0 Å². The third-order valence-electron chi connectivity index (χ3n) is 1.72. The van der Waals surface area contributed by atoms with E-state index in [0.29, 0.717) is 0 Å². The minimum Gasteiger partial charge on any atom is -0.399 e. The van der Waals surface area contributed by atoms with E-state index in [9.17, 15) is 0 Å². The van der Waals surface area contributed by atoms with Gasteiger partial charge in [0.25, 0.3) is 0 Å². The lowest BCUT2D eigenvalue weighted by molar-refractivity contribution is 0.213.